The molecular weight excluding hydrogens is 268 g/mol. The van der Waals surface area contributed by atoms with Gasteiger partial charge in [0.15, 0.2) is 0 Å². The van der Waals surface area contributed by atoms with Crippen LogP contribution in [0.5, 0.6) is 0 Å². The van der Waals surface area contributed by atoms with Crippen molar-refractivity contribution in [3.8, 4) is 0 Å². The van der Waals surface area contributed by atoms with Crippen LogP contribution in [0, 0.1) is 0 Å². The lowest BCUT2D eigenvalue weighted by Gasteiger charge is -2.09. The normalized spacial score (nSPS) is 11.6. The fraction of sp³-hybridized carbons (Fsp3) is 0.667. The summed E-state index contributed by atoms with van der Waals surface area (Å²) in [4.78, 5) is 39.5. The molecule has 1 rings (SSSR count). The second-order valence-electron chi connectivity index (χ2n) is 2.48. The zero-order chi connectivity index (χ0) is 15.8. The molecule has 0 atom stereocenters. The summed E-state index contributed by atoms with van der Waals surface area (Å²) >= 11 is 4.14. The van der Waals surface area contributed by atoms with Gasteiger partial charge in [-0.1, -0.05) is 27.7 Å². The minimum absolute atomic E-state index is 0.131. The Morgan fingerprint density at radius 2 is 1.53 bits per heavy atom. The Balaban J connectivity index is -0.000000271. The van der Waals surface area contributed by atoms with E-state index in [2.05, 4.69) is 27.2 Å². The molecule has 1 aliphatic rings. The maximum Gasteiger partial charge on any atom is 0.330 e. The van der Waals surface area contributed by atoms with E-state index in [1.165, 1.54) is 0 Å². The van der Waals surface area contributed by atoms with E-state index in [1.54, 1.807) is 7.05 Å². The van der Waals surface area contributed by atoms with Crippen LogP contribution in [0.4, 0.5) is 0 Å². The first-order valence-corrected chi connectivity index (χ1v) is 6.44. The summed E-state index contributed by atoms with van der Waals surface area (Å²) in [5, 5.41) is 2.66. The topological polar surface area (TPSA) is 76.0 Å². The maximum absolute atomic E-state index is 10.7. The SMILES string of the molecule is CC.CC.CC(=O)ON1C(=O)CCC1=O.CN=C=S. The summed E-state index contributed by atoms with van der Waals surface area (Å²) in [5.74, 6) is -1.57. The number of isothiocyanates is 1. The third-order valence-corrected chi connectivity index (χ3v) is 1.50. The van der Waals surface area contributed by atoms with E-state index < -0.39 is 17.8 Å². The Bertz CT molecular complexity index is 310. The van der Waals surface area contributed by atoms with Gasteiger partial charge < -0.3 is 4.84 Å². The molecule has 0 aromatic carbocycles. The molecule has 1 saturated heterocycles. The van der Waals surface area contributed by atoms with Crippen molar-refractivity contribution in [1.29, 1.82) is 0 Å². The van der Waals surface area contributed by atoms with Crippen molar-refractivity contribution in [1.82, 2.24) is 5.06 Å². The van der Waals surface area contributed by atoms with Crippen molar-refractivity contribution >= 4 is 35.2 Å². The summed E-state index contributed by atoms with van der Waals surface area (Å²) in [6, 6.07) is 0. The molecular formula is C12H22N2O4S. The molecule has 0 radical (unpaired) electrons. The van der Waals surface area contributed by atoms with E-state index in [-0.39, 0.29) is 12.8 Å². The van der Waals surface area contributed by atoms with Crippen LogP contribution in [-0.4, -0.2) is 35.1 Å². The molecule has 19 heavy (non-hydrogen) atoms. The predicted octanol–water partition coefficient (Wildman–Crippen LogP) is 2.38. The summed E-state index contributed by atoms with van der Waals surface area (Å²) in [7, 11) is 1.59. The standard InChI is InChI=1S/C6H7NO4.C2H3NS.2C2H6/c1-4(8)11-7-5(9)2-3-6(7)10;1-3-2-4;2*1-2/h2-3H2,1H3;1H3;2*1-2H3. The molecule has 6 nitrogen and oxygen atoms in total. The second kappa shape index (κ2) is 16.4. The number of aliphatic imine (C=N–C) groups is 1. The van der Waals surface area contributed by atoms with E-state index in [0.717, 1.165) is 6.92 Å². The Morgan fingerprint density at radius 3 is 1.74 bits per heavy atom. The number of hydroxylamine groups is 2. The van der Waals surface area contributed by atoms with Crippen molar-refractivity contribution in [3.05, 3.63) is 0 Å². The average molecular weight is 290 g/mol. The smallest absolute Gasteiger partial charge is 0.330 e. The first-order chi connectivity index (χ1) is 9.02. The molecule has 0 N–H and O–H groups in total. The van der Waals surface area contributed by atoms with Gasteiger partial charge in [0.1, 0.15) is 0 Å². The van der Waals surface area contributed by atoms with Crippen molar-refractivity contribution in [2.45, 2.75) is 47.5 Å². The Morgan fingerprint density at radius 1 is 1.21 bits per heavy atom. The lowest BCUT2D eigenvalue weighted by atomic mass is 10.4. The van der Waals surface area contributed by atoms with Crippen LogP contribution in [0.1, 0.15) is 47.5 Å². The number of hydrogen-bond acceptors (Lipinski definition) is 6. The first kappa shape index (κ1) is 22.6. The highest BCUT2D eigenvalue weighted by atomic mass is 32.1. The molecule has 1 heterocycles. The highest BCUT2D eigenvalue weighted by Crippen LogP contribution is 2.11. The monoisotopic (exact) mass is 290 g/mol. The first-order valence-electron chi connectivity index (χ1n) is 6.03. The lowest BCUT2D eigenvalue weighted by molar-refractivity contribution is -0.195. The summed E-state index contributed by atoms with van der Waals surface area (Å²) in [6.07, 6.45) is 0.262. The minimum Gasteiger partial charge on any atom is -0.331 e. The zero-order valence-electron chi connectivity index (χ0n) is 12.3. The molecule has 0 saturated carbocycles. The van der Waals surface area contributed by atoms with Crippen molar-refractivity contribution in [2.24, 2.45) is 4.99 Å². The summed E-state index contributed by atoms with van der Waals surface area (Å²) < 4.78 is 0. The molecule has 2 amide bonds. The van der Waals surface area contributed by atoms with Crippen molar-refractivity contribution < 1.29 is 19.2 Å². The van der Waals surface area contributed by atoms with Crippen LogP contribution in [0.25, 0.3) is 0 Å². The number of imide groups is 1. The molecule has 0 spiro atoms. The summed E-state index contributed by atoms with van der Waals surface area (Å²) in [6.45, 7) is 9.14. The third-order valence-electron chi connectivity index (χ3n) is 1.32. The van der Waals surface area contributed by atoms with E-state index in [0.29, 0.717) is 5.06 Å². The molecule has 0 aromatic heterocycles. The van der Waals surface area contributed by atoms with E-state index in [4.69, 9.17) is 0 Å². The number of hydrogen-bond donors (Lipinski definition) is 0. The lowest BCUT2D eigenvalue weighted by Crippen LogP contribution is -2.30. The quantitative estimate of drug-likeness (QED) is 0.421. The Labute approximate surface area is 119 Å². The van der Waals surface area contributed by atoms with Gasteiger partial charge in [-0.2, -0.15) is 0 Å². The third kappa shape index (κ3) is 12.7. The zero-order valence-corrected chi connectivity index (χ0v) is 13.2. The maximum atomic E-state index is 10.7. The van der Waals surface area contributed by atoms with Crippen LogP contribution >= 0.6 is 12.2 Å². The van der Waals surface area contributed by atoms with E-state index in [9.17, 15) is 14.4 Å². The number of thiocarbonyl (C=S) groups is 1. The fourth-order valence-corrected chi connectivity index (χ4v) is 0.786. The second-order valence-corrected chi connectivity index (χ2v) is 2.66. The van der Waals surface area contributed by atoms with Gasteiger partial charge in [0.25, 0.3) is 11.8 Å². The van der Waals surface area contributed by atoms with Gasteiger partial charge >= 0.3 is 5.97 Å². The van der Waals surface area contributed by atoms with Crippen molar-refractivity contribution in [2.75, 3.05) is 7.05 Å². The van der Waals surface area contributed by atoms with Crippen LogP contribution in [-0.2, 0) is 19.2 Å². The number of nitrogens with zero attached hydrogens (tertiary/aromatic N) is 2. The highest BCUT2D eigenvalue weighted by Gasteiger charge is 2.31. The van der Waals surface area contributed by atoms with Crippen LogP contribution < -0.4 is 0 Å². The Kier molecular flexibility index (Phi) is 19.5. The largest absolute Gasteiger partial charge is 0.331 e. The van der Waals surface area contributed by atoms with Gasteiger partial charge in [-0.15, -0.1) is 5.06 Å². The number of carbonyl (C=O) groups is 3. The highest BCUT2D eigenvalue weighted by molar-refractivity contribution is 7.78. The van der Waals surface area contributed by atoms with Crippen molar-refractivity contribution in [3.63, 3.8) is 0 Å². The van der Waals surface area contributed by atoms with E-state index >= 15 is 0 Å². The van der Waals surface area contributed by atoms with Gasteiger partial charge in [-0.05, 0) is 12.2 Å². The van der Waals surface area contributed by atoms with Crippen LogP contribution in [0.3, 0.4) is 0 Å². The predicted molar refractivity (Wildman–Crippen MR) is 76.5 cm³/mol. The number of amides is 2. The van der Waals surface area contributed by atoms with Gasteiger partial charge in [0.05, 0.1) is 5.16 Å². The molecule has 1 aliphatic heterocycles. The van der Waals surface area contributed by atoms with Gasteiger partial charge in [0.2, 0.25) is 0 Å². The summed E-state index contributed by atoms with van der Waals surface area (Å²) in [5.41, 5.74) is 0. The minimum atomic E-state index is -0.659. The molecule has 0 bridgehead atoms. The average Bonchev–Trinajstić information content (AvgIpc) is 2.75. The number of rotatable bonds is 1. The molecule has 7 heteroatoms. The molecule has 110 valence electrons. The van der Waals surface area contributed by atoms with Gasteiger partial charge in [-0.25, -0.2) is 9.79 Å². The van der Waals surface area contributed by atoms with Gasteiger partial charge in [0, 0.05) is 26.8 Å². The van der Waals surface area contributed by atoms with Crippen LogP contribution in [0.15, 0.2) is 4.99 Å². The van der Waals surface area contributed by atoms with Crippen LogP contribution in [0.2, 0.25) is 0 Å². The molecule has 0 unspecified atom stereocenters. The fourth-order valence-electron chi connectivity index (χ4n) is 0.786. The van der Waals surface area contributed by atoms with E-state index in [1.807, 2.05) is 27.7 Å². The Hall–Kier alpha value is -1.59. The molecule has 1 fully saturated rings. The molecule has 0 aliphatic carbocycles. The van der Waals surface area contributed by atoms with Gasteiger partial charge in [-0.3, -0.25) is 9.59 Å². The molecule has 0 aromatic rings. The number of carbonyl (C=O) groups excluding carboxylic acids is 3.